The molecule has 0 aliphatic carbocycles. The SMILES string of the molecule is CCCNC(=O)COc1cccc([C@H]2SC(c3ccc(F)cc3)=NN2C(=O)c2c(F)cc(F)cc2F)c1OC. The van der Waals surface area contributed by atoms with Crippen LogP contribution in [0.3, 0.4) is 0 Å². The van der Waals surface area contributed by atoms with E-state index in [2.05, 4.69) is 10.4 Å². The van der Waals surface area contributed by atoms with Crippen molar-refractivity contribution in [2.45, 2.75) is 18.7 Å². The van der Waals surface area contributed by atoms with E-state index in [-0.39, 0.29) is 29.1 Å². The number of carbonyl (C=O) groups is 2. The topological polar surface area (TPSA) is 80.2 Å². The molecule has 0 bridgehead atoms. The number of methoxy groups -OCH3 is 1. The lowest BCUT2D eigenvalue weighted by Crippen LogP contribution is -2.29. The van der Waals surface area contributed by atoms with E-state index < -0.39 is 40.1 Å². The summed E-state index contributed by atoms with van der Waals surface area (Å²) >= 11 is 1.04. The summed E-state index contributed by atoms with van der Waals surface area (Å²) in [6, 6.07) is 10.8. The van der Waals surface area contributed by atoms with Crippen LogP contribution in [0.2, 0.25) is 0 Å². The molecule has 0 spiro atoms. The van der Waals surface area contributed by atoms with Gasteiger partial charge in [0, 0.05) is 29.8 Å². The van der Waals surface area contributed by atoms with Crippen LogP contribution < -0.4 is 14.8 Å². The third-order valence-electron chi connectivity index (χ3n) is 5.57. The highest BCUT2D eigenvalue weighted by molar-refractivity contribution is 8.14. The lowest BCUT2D eigenvalue weighted by molar-refractivity contribution is -0.123. The van der Waals surface area contributed by atoms with Gasteiger partial charge in [-0.3, -0.25) is 9.59 Å². The molecule has 4 rings (SSSR count). The second-order valence-corrected chi connectivity index (χ2v) is 9.36. The van der Waals surface area contributed by atoms with E-state index in [4.69, 9.17) is 9.47 Å². The van der Waals surface area contributed by atoms with Crippen LogP contribution in [0, 0.1) is 23.3 Å². The predicted molar refractivity (Wildman–Crippen MR) is 138 cm³/mol. The molecule has 0 aromatic heterocycles. The maximum absolute atomic E-state index is 14.6. The quantitative estimate of drug-likeness (QED) is 0.354. The van der Waals surface area contributed by atoms with Gasteiger partial charge in [-0.2, -0.15) is 5.10 Å². The van der Waals surface area contributed by atoms with E-state index in [1.807, 2.05) is 6.92 Å². The fourth-order valence-electron chi connectivity index (χ4n) is 3.77. The molecule has 0 fully saturated rings. The van der Waals surface area contributed by atoms with Gasteiger partial charge in [0.25, 0.3) is 11.8 Å². The van der Waals surface area contributed by atoms with Gasteiger partial charge < -0.3 is 14.8 Å². The minimum atomic E-state index is -1.39. The molecule has 2 amide bonds. The number of halogens is 4. The molecule has 1 heterocycles. The van der Waals surface area contributed by atoms with E-state index >= 15 is 0 Å². The molecule has 1 aliphatic heterocycles. The molecular formula is C27H23F4N3O4S. The van der Waals surface area contributed by atoms with Gasteiger partial charge >= 0.3 is 0 Å². The zero-order valence-electron chi connectivity index (χ0n) is 20.8. The molecule has 3 aromatic rings. The van der Waals surface area contributed by atoms with Gasteiger partial charge in [-0.25, -0.2) is 22.6 Å². The van der Waals surface area contributed by atoms with E-state index in [0.717, 1.165) is 23.2 Å². The summed E-state index contributed by atoms with van der Waals surface area (Å²) in [7, 11) is 1.36. The molecule has 7 nitrogen and oxygen atoms in total. The summed E-state index contributed by atoms with van der Waals surface area (Å²) in [5.74, 6) is -5.64. The Hall–Kier alpha value is -4.06. The van der Waals surface area contributed by atoms with Gasteiger partial charge in [0.15, 0.2) is 18.1 Å². The van der Waals surface area contributed by atoms with Crippen LogP contribution >= 0.6 is 11.8 Å². The lowest BCUT2D eigenvalue weighted by Gasteiger charge is -2.24. The molecule has 12 heteroatoms. The standard InChI is InChI=1S/C27H23F4N3O4S/c1-3-11-32-22(35)14-38-21-6-4-5-18(24(21)37-2)27-34(26(36)23-19(30)12-17(29)13-20(23)31)33-25(39-27)15-7-9-16(28)10-8-15/h4-10,12-13,27H,3,11,14H2,1-2H3,(H,32,35)/t27-/m1/s1. The second kappa shape index (κ2) is 12.2. The maximum atomic E-state index is 14.6. The molecule has 0 radical (unpaired) electrons. The Bertz CT molecular complexity index is 1400. The second-order valence-electron chi connectivity index (χ2n) is 8.29. The summed E-state index contributed by atoms with van der Waals surface area (Å²) in [5, 5.41) is 7.06. The first kappa shape index (κ1) is 28.0. The van der Waals surface area contributed by atoms with Crippen molar-refractivity contribution >= 4 is 28.6 Å². The average Bonchev–Trinajstić information content (AvgIpc) is 3.35. The van der Waals surface area contributed by atoms with Crippen molar-refractivity contribution in [3.63, 3.8) is 0 Å². The molecular weight excluding hydrogens is 538 g/mol. The molecule has 0 saturated carbocycles. The third kappa shape index (κ3) is 6.17. The molecule has 1 aliphatic rings. The van der Waals surface area contributed by atoms with Crippen LogP contribution in [0.4, 0.5) is 17.6 Å². The Labute approximate surface area is 225 Å². The number of rotatable bonds is 9. The zero-order chi connectivity index (χ0) is 28.1. The van der Waals surface area contributed by atoms with Crippen molar-refractivity contribution in [3.05, 3.63) is 94.6 Å². The number of hydrogen-bond acceptors (Lipinski definition) is 6. The van der Waals surface area contributed by atoms with E-state index in [9.17, 15) is 27.2 Å². The molecule has 204 valence electrons. The van der Waals surface area contributed by atoms with Gasteiger partial charge in [0.2, 0.25) is 0 Å². The van der Waals surface area contributed by atoms with E-state index in [1.54, 1.807) is 18.2 Å². The number of amides is 2. The third-order valence-corrected chi connectivity index (χ3v) is 6.79. The number of hydrazone groups is 1. The first-order chi connectivity index (χ1) is 18.7. The van der Waals surface area contributed by atoms with Crippen molar-refractivity contribution in [1.82, 2.24) is 10.3 Å². The highest BCUT2D eigenvalue weighted by atomic mass is 32.2. The summed E-state index contributed by atoms with van der Waals surface area (Å²) in [6.45, 7) is 2.09. The number of ether oxygens (including phenoxy) is 2. The summed E-state index contributed by atoms with van der Waals surface area (Å²) < 4.78 is 67.4. The number of thioether (sulfide) groups is 1. The summed E-state index contributed by atoms with van der Waals surface area (Å²) in [6.07, 6.45) is 0.749. The Kier molecular flexibility index (Phi) is 8.75. The lowest BCUT2D eigenvalue weighted by atomic mass is 10.1. The molecule has 3 aromatic carbocycles. The van der Waals surface area contributed by atoms with Crippen LogP contribution in [0.5, 0.6) is 11.5 Å². The minimum absolute atomic E-state index is 0.159. The number of benzene rings is 3. The largest absolute Gasteiger partial charge is 0.492 e. The van der Waals surface area contributed by atoms with Crippen molar-refractivity contribution in [3.8, 4) is 11.5 Å². The Morgan fingerprint density at radius 3 is 2.36 bits per heavy atom. The van der Waals surface area contributed by atoms with Gasteiger partial charge in [-0.1, -0.05) is 30.8 Å². The predicted octanol–water partition coefficient (Wildman–Crippen LogP) is 5.41. The summed E-state index contributed by atoms with van der Waals surface area (Å²) in [5.41, 5.74) is -0.211. The summed E-state index contributed by atoms with van der Waals surface area (Å²) in [4.78, 5) is 25.5. The highest BCUT2D eigenvalue weighted by Crippen LogP contribution is 2.47. The first-order valence-corrected chi connectivity index (χ1v) is 12.7. The number of para-hydroxylation sites is 1. The number of hydrogen-bond donors (Lipinski definition) is 1. The normalized spacial score (nSPS) is 14.7. The van der Waals surface area contributed by atoms with Crippen LogP contribution in [0.1, 0.15) is 40.2 Å². The van der Waals surface area contributed by atoms with E-state index in [1.165, 1.54) is 31.4 Å². The zero-order valence-corrected chi connectivity index (χ0v) is 21.7. The number of nitrogens with zero attached hydrogens (tertiary/aromatic N) is 2. The first-order valence-electron chi connectivity index (χ1n) is 11.8. The van der Waals surface area contributed by atoms with Crippen molar-refractivity contribution in [2.24, 2.45) is 5.10 Å². The van der Waals surface area contributed by atoms with Crippen LogP contribution in [0.25, 0.3) is 0 Å². The van der Waals surface area contributed by atoms with Crippen molar-refractivity contribution < 1.29 is 36.6 Å². The number of carbonyl (C=O) groups excluding carboxylic acids is 2. The maximum Gasteiger partial charge on any atom is 0.281 e. The van der Waals surface area contributed by atoms with Crippen molar-refractivity contribution in [1.29, 1.82) is 0 Å². The smallest absolute Gasteiger partial charge is 0.281 e. The molecule has 1 atom stereocenters. The molecule has 0 unspecified atom stereocenters. The van der Waals surface area contributed by atoms with Crippen LogP contribution in [-0.2, 0) is 4.79 Å². The highest BCUT2D eigenvalue weighted by Gasteiger charge is 2.39. The Morgan fingerprint density at radius 2 is 1.72 bits per heavy atom. The molecule has 1 N–H and O–H groups in total. The monoisotopic (exact) mass is 561 g/mol. The van der Waals surface area contributed by atoms with Gasteiger partial charge in [-0.05, 0) is 36.8 Å². The van der Waals surface area contributed by atoms with Crippen LogP contribution in [-0.4, -0.2) is 42.1 Å². The number of nitrogens with one attached hydrogen (secondary N) is 1. The fraction of sp³-hybridized carbons (Fsp3) is 0.222. The molecule has 39 heavy (non-hydrogen) atoms. The van der Waals surface area contributed by atoms with Gasteiger partial charge in [-0.15, -0.1) is 0 Å². The van der Waals surface area contributed by atoms with Gasteiger partial charge in [0.05, 0.1) is 7.11 Å². The Balaban J connectivity index is 1.74. The van der Waals surface area contributed by atoms with Crippen LogP contribution in [0.15, 0.2) is 59.7 Å². The minimum Gasteiger partial charge on any atom is -0.492 e. The van der Waals surface area contributed by atoms with Gasteiger partial charge in [0.1, 0.15) is 39.2 Å². The van der Waals surface area contributed by atoms with Crippen molar-refractivity contribution in [2.75, 3.05) is 20.3 Å². The Morgan fingerprint density at radius 1 is 1.03 bits per heavy atom. The van der Waals surface area contributed by atoms with E-state index in [0.29, 0.717) is 29.8 Å². The fourth-order valence-corrected chi connectivity index (χ4v) is 4.95. The average molecular weight is 562 g/mol. The molecule has 0 saturated heterocycles.